The quantitative estimate of drug-likeness (QED) is 0.465. The molecule has 0 spiro atoms. The molecule has 0 aromatic carbocycles. The second-order valence-corrected chi connectivity index (χ2v) is 1.37. The van der Waals surface area contributed by atoms with E-state index in [1.165, 1.54) is 0 Å². The predicted molar refractivity (Wildman–Crippen MR) is 13.6 cm³/mol. The molecule has 0 aliphatic rings. The molecule has 5 heavy (non-hydrogen) atoms. The van der Waals surface area contributed by atoms with Crippen molar-refractivity contribution >= 4 is 42.6 Å². The average molecular weight is 200 g/mol. The third kappa shape index (κ3) is 47.4. The predicted octanol–water partition coefficient (Wildman–Crippen LogP) is -1.12. The second kappa shape index (κ2) is 4.96. The molecule has 0 atom stereocenters. The van der Waals surface area contributed by atoms with Gasteiger partial charge in [0.25, 0.3) is 0 Å². The molecule has 0 aromatic rings. The summed E-state index contributed by atoms with van der Waals surface area (Å²) in [5.74, 6) is 0. The van der Waals surface area contributed by atoms with Crippen LogP contribution in [0.4, 0.5) is 0 Å². The van der Waals surface area contributed by atoms with Crippen molar-refractivity contribution in [2.24, 2.45) is 0 Å². The van der Waals surface area contributed by atoms with Crippen molar-refractivity contribution in [2.45, 2.75) is 0 Å². The van der Waals surface area contributed by atoms with Crippen LogP contribution in [0.25, 0.3) is 0 Å². The van der Waals surface area contributed by atoms with Gasteiger partial charge in [-0.1, -0.05) is 0 Å². The largest absolute Gasteiger partial charge is 0 e. The summed E-state index contributed by atoms with van der Waals surface area (Å²) in [6.07, 6.45) is 0. The molecule has 0 rings (SSSR count). The van der Waals surface area contributed by atoms with Crippen molar-refractivity contribution in [3.8, 4) is 0 Å². The molecule has 0 saturated heterocycles. The van der Waals surface area contributed by atoms with Crippen molar-refractivity contribution in [3.63, 3.8) is 0 Å². The maximum atomic E-state index is 8.59. The maximum Gasteiger partial charge on any atom is 0 e. The van der Waals surface area contributed by atoms with Gasteiger partial charge in [-0.3, -0.25) is 0 Å². The van der Waals surface area contributed by atoms with Gasteiger partial charge >= 0.3 is 28.8 Å². The van der Waals surface area contributed by atoms with Crippen LogP contribution in [0.2, 0.25) is 0 Å². The Labute approximate surface area is 51.7 Å². The Morgan fingerprint density at radius 3 is 1.00 bits per heavy atom. The van der Waals surface area contributed by atoms with E-state index in [4.69, 9.17) is 9.31 Å². The van der Waals surface area contributed by atoms with Crippen molar-refractivity contribution in [1.29, 1.82) is 0 Å². The van der Waals surface area contributed by atoms with Crippen LogP contribution in [-0.2, 0) is 9.31 Å². The minimum absolute atomic E-state index is 0. The fourth-order valence-electron chi connectivity index (χ4n) is 0. The molecular weight excluding hydrogens is 200 g/mol. The van der Waals surface area contributed by atoms with E-state index in [1.54, 1.807) is 0 Å². The fourth-order valence-corrected chi connectivity index (χ4v) is 0. The fraction of sp³-hybridized carbons (Fsp3) is 0. The molecule has 0 amide bonds. The summed E-state index contributed by atoms with van der Waals surface area (Å²) in [6.45, 7) is 0. The zero-order valence-electron chi connectivity index (χ0n) is 2.34. The van der Waals surface area contributed by atoms with E-state index in [0.717, 1.165) is 0 Å². The molecule has 0 N–H and O–H groups in total. The Morgan fingerprint density at radius 1 is 1.00 bits per heavy atom. The summed E-state index contributed by atoms with van der Waals surface area (Å²) in [6, 6.07) is 0. The van der Waals surface area contributed by atoms with E-state index in [2.05, 4.69) is 0 Å². The van der Waals surface area contributed by atoms with Crippen molar-refractivity contribution < 1.29 is 9.31 Å². The molecule has 26 valence electrons. The second-order valence-electron chi connectivity index (χ2n) is 0.204. The van der Waals surface area contributed by atoms with Gasteiger partial charge in [0, 0.05) is 23.1 Å². The zero-order chi connectivity index (χ0) is 3.58. The van der Waals surface area contributed by atoms with Crippen LogP contribution in [0.1, 0.15) is 0 Å². The molecule has 0 bridgehead atoms. The number of hydrogen-bond donors (Lipinski definition) is 0. The van der Waals surface area contributed by atoms with Crippen LogP contribution in [0.5, 0.6) is 0 Å². The SMILES string of the molecule is O=[Te](=O)=O.[Mg]. The Morgan fingerprint density at radius 2 is 1.00 bits per heavy atom. The molecule has 3 nitrogen and oxygen atoms in total. The Hall–Kier alpha value is 0.956. The normalized spacial score (nSPS) is 4.80. The van der Waals surface area contributed by atoms with E-state index >= 15 is 0 Å². The molecule has 0 heterocycles. The Bertz CT molecular complexity index is 76.3. The van der Waals surface area contributed by atoms with Gasteiger partial charge in [-0.05, 0) is 0 Å². The average Bonchev–Trinajstić information content (AvgIpc) is 0.811. The standard InChI is InChI=1S/Mg.O3Te/c;1-4(2)3. The first kappa shape index (κ1) is 9.35. The summed E-state index contributed by atoms with van der Waals surface area (Å²) >= 11 is -4.11. The Kier molecular flexibility index (Phi) is 9.27. The maximum absolute atomic E-state index is 8.59. The molecule has 0 fully saturated rings. The van der Waals surface area contributed by atoms with Crippen LogP contribution in [0, 0.1) is 0 Å². The van der Waals surface area contributed by atoms with Crippen LogP contribution in [0.15, 0.2) is 0 Å². The van der Waals surface area contributed by atoms with Gasteiger partial charge in [-0.25, -0.2) is 0 Å². The summed E-state index contributed by atoms with van der Waals surface area (Å²) in [4.78, 5) is 0. The minimum atomic E-state index is -4.11. The molecule has 0 aromatic heterocycles. The molecule has 2 radical (unpaired) electrons. The number of hydrogen-bond acceptors (Lipinski definition) is 3. The van der Waals surface area contributed by atoms with Crippen molar-refractivity contribution in [2.75, 3.05) is 0 Å². The summed E-state index contributed by atoms with van der Waals surface area (Å²) in [7, 11) is 0. The van der Waals surface area contributed by atoms with E-state index in [-0.39, 0.29) is 23.1 Å². The third-order valence-corrected chi connectivity index (χ3v) is 0. The molecule has 0 unspecified atom stereocenters. The minimum Gasteiger partial charge on any atom is 0 e. The summed E-state index contributed by atoms with van der Waals surface area (Å²) in [5, 5.41) is 0. The molecule has 0 aliphatic carbocycles. The first-order valence-corrected chi connectivity index (χ1v) is 3.35. The molecule has 0 saturated carbocycles. The van der Waals surface area contributed by atoms with Gasteiger partial charge in [-0.15, -0.1) is 0 Å². The van der Waals surface area contributed by atoms with Gasteiger partial charge < -0.3 is 0 Å². The Balaban J connectivity index is 0. The van der Waals surface area contributed by atoms with Gasteiger partial charge in [0.15, 0.2) is 0 Å². The first-order chi connectivity index (χ1) is 1.73. The summed E-state index contributed by atoms with van der Waals surface area (Å²) < 4.78 is 25.8. The van der Waals surface area contributed by atoms with Crippen LogP contribution >= 0.6 is 0 Å². The van der Waals surface area contributed by atoms with Crippen molar-refractivity contribution in [3.05, 3.63) is 0 Å². The van der Waals surface area contributed by atoms with Gasteiger partial charge in [0.1, 0.15) is 0 Å². The first-order valence-electron chi connectivity index (χ1n) is 0.500. The summed E-state index contributed by atoms with van der Waals surface area (Å²) in [5.41, 5.74) is 0. The molecule has 5 heteroatoms. The zero-order valence-corrected chi connectivity index (χ0v) is 6.08. The van der Waals surface area contributed by atoms with Gasteiger partial charge in [0.05, 0.1) is 0 Å². The van der Waals surface area contributed by atoms with E-state index in [9.17, 15) is 0 Å². The van der Waals surface area contributed by atoms with Gasteiger partial charge in [0.2, 0.25) is 0 Å². The van der Waals surface area contributed by atoms with E-state index < -0.39 is 19.5 Å². The van der Waals surface area contributed by atoms with Gasteiger partial charge in [-0.2, -0.15) is 0 Å². The van der Waals surface area contributed by atoms with E-state index in [1.807, 2.05) is 0 Å². The van der Waals surface area contributed by atoms with E-state index in [0.29, 0.717) is 0 Å². The van der Waals surface area contributed by atoms with Crippen LogP contribution in [0.3, 0.4) is 0 Å². The topological polar surface area (TPSA) is 51.2 Å². The number of rotatable bonds is 0. The molecular formula is MgO3Te. The third-order valence-electron chi connectivity index (χ3n) is 0. The monoisotopic (exact) mass is 202 g/mol. The molecule has 0 aliphatic heterocycles. The smallest absolute Gasteiger partial charge is 0 e. The van der Waals surface area contributed by atoms with Crippen molar-refractivity contribution in [1.82, 2.24) is 0 Å². The van der Waals surface area contributed by atoms with Crippen LogP contribution in [-0.4, -0.2) is 42.6 Å². The van der Waals surface area contributed by atoms with Crippen LogP contribution < -0.4 is 0 Å².